The zero-order valence-corrected chi connectivity index (χ0v) is 20.6. The molecule has 8 nitrogen and oxygen atoms in total. The second-order valence-corrected chi connectivity index (χ2v) is 10.2. The maximum absolute atomic E-state index is 12.9. The third-order valence-corrected chi connectivity index (χ3v) is 6.54. The Balaban J connectivity index is 1.79. The van der Waals surface area contributed by atoms with Gasteiger partial charge in [0.05, 0.1) is 11.9 Å². The monoisotopic (exact) mass is 480 g/mol. The van der Waals surface area contributed by atoms with Gasteiger partial charge in [-0.05, 0) is 61.0 Å². The molecule has 0 radical (unpaired) electrons. The molecule has 2 N–H and O–H groups in total. The topological polar surface area (TPSA) is 98.8 Å². The predicted octanol–water partition coefficient (Wildman–Crippen LogP) is 3.96. The van der Waals surface area contributed by atoms with Crippen molar-refractivity contribution in [1.82, 2.24) is 0 Å². The summed E-state index contributed by atoms with van der Waals surface area (Å²) in [4.78, 5) is 27.5. The summed E-state index contributed by atoms with van der Waals surface area (Å²) in [6.45, 7) is 1.84. The number of nitrogens with zero attached hydrogens (tertiary/aromatic N) is 2. The molecule has 3 rings (SSSR count). The minimum absolute atomic E-state index is 0.263. The van der Waals surface area contributed by atoms with Crippen molar-refractivity contribution in [3.05, 3.63) is 83.4 Å². The van der Waals surface area contributed by atoms with Crippen LogP contribution in [0.15, 0.2) is 66.7 Å². The molecule has 3 aromatic carbocycles. The number of carbonyl (C=O) groups is 2. The summed E-state index contributed by atoms with van der Waals surface area (Å²) in [5, 5.41) is 5.71. The van der Waals surface area contributed by atoms with E-state index >= 15 is 0 Å². The third kappa shape index (κ3) is 5.93. The molecule has 0 atom stereocenters. The van der Waals surface area contributed by atoms with E-state index in [0.717, 1.165) is 21.8 Å². The highest BCUT2D eigenvalue weighted by molar-refractivity contribution is 7.92. The fourth-order valence-corrected chi connectivity index (χ4v) is 3.69. The fourth-order valence-electron chi connectivity index (χ4n) is 3.19. The van der Waals surface area contributed by atoms with Crippen molar-refractivity contribution in [1.29, 1.82) is 0 Å². The van der Waals surface area contributed by atoms with E-state index in [9.17, 15) is 18.0 Å². The van der Waals surface area contributed by atoms with Crippen LogP contribution in [0.4, 0.5) is 22.7 Å². The second-order valence-electron chi connectivity index (χ2n) is 8.16. The molecule has 2 amide bonds. The average Bonchev–Trinajstić information content (AvgIpc) is 2.80. The van der Waals surface area contributed by atoms with Crippen molar-refractivity contribution in [2.24, 2.45) is 0 Å². The van der Waals surface area contributed by atoms with E-state index in [1.807, 2.05) is 38.1 Å². The molecule has 0 heterocycles. The van der Waals surface area contributed by atoms with Gasteiger partial charge in [-0.15, -0.1) is 0 Å². The van der Waals surface area contributed by atoms with Crippen molar-refractivity contribution >= 4 is 44.6 Å². The molecule has 178 valence electrons. The average molecular weight is 481 g/mol. The molecule has 0 spiro atoms. The Morgan fingerprint density at radius 3 is 1.91 bits per heavy atom. The predicted molar refractivity (Wildman–Crippen MR) is 138 cm³/mol. The lowest BCUT2D eigenvalue weighted by atomic mass is 10.1. The van der Waals surface area contributed by atoms with Gasteiger partial charge in [0.2, 0.25) is 10.0 Å². The second kappa shape index (κ2) is 9.96. The van der Waals surface area contributed by atoms with E-state index in [2.05, 4.69) is 10.6 Å². The number of anilines is 4. The maximum atomic E-state index is 12.9. The molecule has 0 aliphatic heterocycles. The number of sulfonamides is 1. The van der Waals surface area contributed by atoms with E-state index in [1.54, 1.807) is 48.5 Å². The largest absolute Gasteiger partial charge is 0.378 e. The van der Waals surface area contributed by atoms with Crippen LogP contribution >= 0.6 is 0 Å². The molecular formula is C25H28N4O4S. The summed E-state index contributed by atoms with van der Waals surface area (Å²) < 4.78 is 24.7. The summed E-state index contributed by atoms with van der Waals surface area (Å²) >= 11 is 0. The third-order valence-electron chi connectivity index (χ3n) is 5.34. The van der Waals surface area contributed by atoms with Crippen LogP contribution in [0.3, 0.4) is 0 Å². The van der Waals surface area contributed by atoms with Crippen LogP contribution in [0.1, 0.15) is 26.3 Å². The standard InChI is InChI=1S/C25H28N4O4S/c1-17-12-13-20(26-24(30)18-8-6-10-21(14-18)28(2)3)16-23(17)27-25(31)19-9-7-11-22(15-19)29(4)34(5,32)33/h6-16H,1-5H3,(H,26,30)(H,27,31). The Morgan fingerprint density at radius 1 is 0.765 bits per heavy atom. The first-order valence-electron chi connectivity index (χ1n) is 10.5. The van der Waals surface area contributed by atoms with E-state index in [4.69, 9.17) is 0 Å². The van der Waals surface area contributed by atoms with Gasteiger partial charge in [-0.1, -0.05) is 18.2 Å². The van der Waals surface area contributed by atoms with Crippen LogP contribution in [0, 0.1) is 6.92 Å². The van der Waals surface area contributed by atoms with Crippen LogP contribution in [0.2, 0.25) is 0 Å². The molecule has 0 bridgehead atoms. The minimum Gasteiger partial charge on any atom is -0.378 e. The summed E-state index contributed by atoms with van der Waals surface area (Å²) in [5.41, 5.74) is 4.00. The van der Waals surface area contributed by atoms with Crippen LogP contribution in [-0.4, -0.2) is 47.6 Å². The maximum Gasteiger partial charge on any atom is 0.255 e. The summed E-state index contributed by atoms with van der Waals surface area (Å²) in [5.74, 6) is -0.657. The Labute approximate surface area is 200 Å². The van der Waals surface area contributed by atoms with Gasteiger partial charge in [0.25, 0.3) is 11.8 Å². The molecule has 0 unspecified atom stereocenters. The van der Waals surface area contributed by atoms with Gasteiger partial charge in [0.15, 0.2) is 0 Å². The minimum atomic E-state index is -3.45. The number of nitrogens with one attached hydrogen (secondary N) is 2. The van der Waals surface area contributed by atoms with Gasteiger partial charge in [0, 0.05) is 49.3 Å². The van der Waals surface area contributed by atoms with Gasteiger partial charge in [-0.3, -0.25) is 13.9 Å². The quantitative estimate of drug-likeness (QED) is 0.533. The molecule has 0 aliphatic rings. The van der Waals surface area contributed by atoms with E-state index in [0.29, 0.717) is 28.2 Å². The molecular weight excluding hydrogens is 452 g/mol. The van der Waals surface area contributed by atoms with Crippen LogP contribution in [-0.2, 0) is 10.0 Å². The number of aryl methyl sites for hydroxylation is 1. The SMILES string of the molecule is Cc1ccc(NC(=O)c2cccc(N(C)C)c2)cc1NC(=O)c1cccc(N(C)S(C)(=O)=O)c1. The van der Waals surface area contributed by atoms with E-state index in [-0.39, 0.29) is 5.91 Å². The first-order valence-corrected chi connectivity index (χ1v) is 12.4. The van der Waals surface area contributed by atoms with E-state index in [1.165, 1.54) is 13.1 Å². The normalized spacial score (nSPS) is 11.0. The highest BCUT2D eigenvalue weighted by atomic mass is 32.2. The Kier molecular flexibility index (Phi) is 7.26. The lowest BCUT2D eigenvalue weighted by Crippen LogP contribution is -2.25. The summed E-state index contributed by atoms with van der Waals surface area (Å²) in [6.07, 6.45) is 1.10. The zero-order chi connectivity index (χ0) is 25.0. The number of amides is 2. The first-order chi connectivity index (χ1) is 16.0. The van der Waals surface area contributed by atoms with Crippen molar-refractivity contribution in [2.75, 3.05) is 47.2 Å². The number of hydrogen-bond acceptors (Lipinski definition) is 5. The fraction of sp³-hybridized carbons (Fsp3) is 0.200. The van der Waals surface area contributed by atoms with Crippen LogP contribution in [0.25, 0.3) is 0 Å². The highest BCUT2D eigenvalue weighted by Gasteiger charge is 2.15. The molecule has 0 aromatic heterocycles. The van der Waals surface area contributed by atoms with Gasteiger partial charge in [-0.2, -0.15) is 0 Å². The smallest absolute Gasteiger partial charge is 0.255 e. The molecule has 0 fully saturated rings. The van der Waals surface area contributed by atoms with Crippen LogP contribution < -0.4 is 19.8 Å². The van der Waals surface area contributed by atoms with Crippen molar-refractivity contribution in [3.8, 4) is 0 Å². The Bertz CT molecular complexity index is 1340. The zero-order valence-electron chi connectivity index (χ0n) is 19.8. The Morgan fingerprint density at radius 2 is 1.32 bits per heavy atom. The summed E-state index contributed by atoms with van der Waals surface area (Å²) in [6, 6.07) is 18.9. The van der Waals surface area contributed by atoms with Gasteiger partial charge >= 0.3 is 0 Å². The lowest BCUT2D eigenvalue weighted by molar-refractivity contribution is 0.101. The molecule has 3 aromatic rings. The lowest BCUT2D eigenvalue weighted by Gasteiger charge is -2.17. The molecule has 0 aliphatic carbocycles. The number of benzene rings is 3. The van der Waals surface area contributed by atoms with E-state index < -0.39 is 15.9 Å². The highest BCUT2D eigenvalue weighted by Crippen LogP contribution is 2.23. The number of hydrogen-bond donors (Lipinski definition) is 2. The van der Waals surface area contributed by atoms with Gasteiger partial charge < -0.3 is 15.5 Å². The van der Waals surface area contributed by atoms with Crippen LogP contribution in [0.5, 0.6) is 0 Å². The van der Waals surface area contributed by atoms with Crippen molar-refractivity contribution in [2.45, 2.75) is 6.92 Å². The Hall–Kier alpha value is -3.85. The van der Waals surface area contributed by atoms with Gasteiger partial charge in [0.1, 0.15) is 0 Å². The van der Waals surface area contributed by atoms with Crippen molar-refractivity contribution in [3.63, 3.8) is 0 Å². The molecule has 34 heavy (non-hydrogen) atoms. The first kappa shape index (κ1) is 24.8. The van der Waals surface area contributed by atoms with Crippen molar-refractivity contribution < 1.29 is 18.0 Å². The molecule has 9 heteroatoms. The molecule has 0 saturated heterocycles. The summed E-state index contributed by atoms with van der Waals surface area (Å²) in [7, 11) is 1.78. The number of carbonyl (C=O) groups excluding carboxylic acids is 2. The van der Waals surface area contributed by atoms with Gasteiger partial charge in [-0.25, -0.2) is 8.42 Å². The molecule has 0 saturated carbocycles. The number of rotatable bonds is 7.